The lowest BCUT2D eigenvalue weighted by Gasteiger charge is -1.92. The van der Waals surface area contributed by atoms with E-state index < -0.39 is 0 Å². The predicted octanol–water partition coefficient (Wildman–Crippen LogP) is 1.91. The first-order valence-electron chi connectivity index (χ1n) is 3.54. The Morgan fingerprint density at radius 2 is 1.92 bits per heavy atom. The van der Waals surface area contributed by atoms with E-state index in [4.69, 9.17) is 0 Å². The maximum Gasteiger partial charge on any atom is 0.211 e. The largest absolute Gasteiger partial charge is 0.233 e. The smallest absolute Gasteiger partial charge is 0.211 e. The molecule has 0 unspecified atom stereocenters. The minimum atomic E-state index is 0.588. The monoisotopic (exact) mass is 304 g/mol. The number of rotatable bonds is 1. The van der Waals surface area contributed by atoms with Gasteiger partial charge in [-0.2, -0.15) is 4.37 Å². The van der Waals surface area contributed by atoms with Crippen molar-refractivity contribution in [3.8, 4) is 11.6 Å². The van der Waals surface area contributed by atoms with E-state index in [1.165, 1.54) is 11.5 Å². The maximum absolute atomic E-state index is 4.18. The first-order chi connectivity index (χ1) is 6.25. The maximum atomic E-state index is 4.18. The van der Waals surface area contributed by atoms with E-state index in [-0.39, 0.29) is 0 Å². The number of hydrogen-bond donors (Lipinski definition) is 0. The Labute approximate surface area is 92.8 Å². The summed E-state index contributed by atoms with van der Waals surface area (Å²) in [6, 6.07) is 0. The van der Waals surface area contributed by atoms with Crippen LogP contribution in [0.2, 0.25) is 0 Å². The quantitative estimate of drug-likeness (QED) is 0.755. The molecule has 6 heteroatoms. The molecule has 0 amide bonds. The lowest BCUT2D eigenvalue weighted by atomic mass is 10.4. The predicted molar refractivity (Wildman–Crippen MR) is 58.4 cm³/mol. The summed E-state index contributed by atoms with van der Waals surface area (Å²) in [5, 5.41) is 0. The molecular formula is C7H5IN4S. The van der Waals surface area contributed by atoms with Crippen molar-refractivity contribution < 1.29 is 0 Å². The van der Waals surface area contributed by atoms with E-state index in [1.54, 1.807) is 12.4 Å². The molecule has 0 saturated heterocycles. The molecule has 2 heterocycles. The molecule has 0 N–H and O–H groups in total. The molecule has 0 aliphatic carbocycles. The van der Waals surface area contributed by atoms with E-state index >= 15 is 0 Å². The minimum absolute atomic E-state index is 0.588. The average Bonchev–Trinajstić information content (AvgIpc) is 2.53. The number of aromatic nitrogens is 4. The summed E-state index contributed by atoms with van der Waals surface area (Å²) >= 11 is 3.47. The van der Waals surface area contributed by atoms with Gasteiger partial charge >= 0.3 is 0 Å². The molecule has 0 aromatic carbocycles. The molecule has 2 aromatic rings. The summed E-state index contributed by atoms with van der Waals surface area (Å²) < 4.78 is 5.01. The summed E-state index contributed by atoms with van der Waals surface area (Å²) in [6.45, 7) is 1.95. The van der Waals surface area contributed by atoms with Crippen molar-refractivity contribution >= 4 is 34.1 Å². The summed E-state index contributed by atoms with van der Waals surface area (Å²) in [4.78, 5) is 12.4. The number of hydrogen-bond acceptors (Lipinski definition) is 5. The van der Waals surface area contributed by atoms with Gasteiger partial charge < -0.3 is 0 Å². The Balaban J connectivity index is 2.41. The second kappa shape index (κ2) is 3.62. The van der Waals surface area contributed by atoms with Crippen LogP contribution in [0.5, 0.6) is 0 Å². The third-order valence-corrected chi connectivity index (χ3v) is 2.72. The van der Waals surface area contributed by atoms with Gasteiger partial charge in [0.05, 0.1) is 0 Å². The molecule has 13 heavy (non-hydrogen) atoms. The van der Waals surface area contributed by atoms with Crippen LogP contribution in [0.4, 0.5) is 0 Å². The van der Waals surface area contributed by atoms with Crippen molar-refractivity contribution in [3.05, 3.63) is 21.0 Å². The minimum Gasteiger partial charge on any atom is -0.233 e. The Bertz CT molecular complexity index is 411. The van der Waals surface area contributed by atoms with E-state index in [0.717, 1.165) is 8.58 Å². The summed E-state index contributed by atoms with van der Waals surface area (Å²) in [7, 11) is 0. The molecule has 0 fully saturated rings. The lowest BCUT2D eigenvalue weighted by Crippen LogP contribution is -1.90. The zero-order chi connectivity index (χ0) is 9.26. The molecule has 0 saturated carbocycles. The van der Waals surface area contributed by atoms with Crippen molar-refractivity contribution in [2.24, 2.45) is 0 Å². The second-order valence-electron chi connectivity index (χ2n) is 2.45. The Kier molecular flexibility index (Phi) is 2.49. The molecule has 0 aliphatic heterocycles. The van der Waals surface area contributed by atoms with E-state index in [2.05, 4.69) is 41.9 Å². The molecule has 0 bridgehead atoms. The molecule has 0 radical (unpaired) electrons. The van der Waals surface area contributed by atoms with Crippen LogP contribution in [0, 0.1) is 9.94 Å². The molecular weight excluding hydrogens is 299 g/mol. The molecule has 66 valence electrons. The standard InChI is InChI=1S/C7H5IN4S/c1-4-2-9-5(10-3-4)6-11-7(8)13-12-6/h2-3H,1H3. The molecule has 4 nitrogen and oxygen atoms in total. The lowest BCUT2D eigenvalue weighted by molar-refractivity contribution is 1.10. The number of nitrogens with zero attached hydrogens (tertiary/aromatic N) is 4. The number of aryl methyl sites for hydroxylation is 1. The van der Waals surface area contributed by atoms with Crippen LogP contribution in [-0.2, 0) is 0 Å². The van der Waals surface area contributed by atoms with Gasteiger partial charge in [0.2, 0.25) is 5.82 Å². The zero-order valence-corrected chi connectivity index (χ0v) is 9.70. The normalized spacial score (nSPS) is 10.3. The third kappa shape index (κ3) is 1.99. The first-order valence-corrected chi connectivity index (χ1v) is 5.39. The van der Waals surface area contributed by atoms with Gasteiger partial charge in [0.25, 0.3) is 0 Å². The zero-order valence-electron chi connectivity index (χ0n) is 6.73. The van der Waals surface area contributed by atoms with Crippen LogP contribution in [-0.4, -0.2) is 19.3 Å². The van der Waals surface area contributed by atoms with Crippen LogP contribution < -0.4 is 0 Å². The SMILES string of the molecule is Cc1cnc(-c2nsc(I)n2)nc1. The van der Waals surface area contributed by atoms with E-state index in [0.29, 0.717) is 11.6 Å². The van der Waals surface area contributed by atoms with Gasteiger partial charge in [-0.05, 0) is 46.6 Å². The van der Waals surface area contributed by atoms with Gasteiger partial charge in [0.1, 0.15) is 0 Å². The average molecular weight is 304 g/mol. The highest BCUT2D eigenvalue weighted by Crippen LogP contribution is 2.14. The van der Waals surface area contributed by atoms with Crippen molar-refractivity contribution in [1.82, 2.24) is 19.3 Å². The van der Waals surface area contributed by atoms with Gasteiger partial charge in [-0.3, -0.25) is 0 Å². The summed E-state index contributed by atoms with van der Waals surface area (Å²) in [6.07, 6.45) is 3.52. The summed E-state index contributed by atoms with van der Waals surface area (Å²) in [5.74, 6) is 1.19. The van der Waals surface area contributed by atoms with Crippen molar-refractivity contribution in [3.63, 3.8) is 0 Å². The van der Waals surface area contributed by atoms with Gasteiger partial charge in [0.15, 0.2) is 8.84 Å². The molecule has 2 aromatic heterocycles. The second-order valence-corrected chi connectivity index (χ2v) is 4.96. The highest BCUT2D eigenvalue weighted by molar-refractivity contribution is 14.1. The van der Waals surface area contributed by atoms with Gasteiger partial charge in [-0.15, -0.1) is 0 Å². The van der Waals surface area contributed by atoms with Crippen LogP contribution in [0.3, 0.4) is 0 Å². The van der Waals surface area contributed by atoms with Crippen LogP contribution in [0.15, 0.2) is 12.4 Å². The highest BCUT2D eigenvalue weighted by Gasteiger charge is 2.06. The van der Waals surface area contributed by atoms with Crippen molar-refractivity contribution in [1.29, 1.82) is 0 Å². The Morgan fingerprint density at radius 1 is 1.23 bits per heavy atom. The van der Waals surface area contributed by atoms with E-state index in [1.807, 2.05) is 6.92 Å². The van der Waals surface area contributed by atoms with Gasteiger partial charge in [-0.25, -0.2) is 15.0 Å². The van der Waals surface area contributed by atoms with Crippen molar-refractivity contribution in [2.45, 2.75) is 6.92 Å². The van der Waals surface area contributed by atoms with Crippen molar-refractivity contribution in [2.75, 3.05) is 0 Å². The summed E-state index contributed by atoms with van der Waals surface area (Å²) in [5.41, 5.74) is 1.04. The van der Waals surface area contributed by atoms with E-state index in [9.17, 15) is 0 Å². The first kappa shape index (κ1) is 8.95. The Morgan fingerprint density at radius 3 is 2.46 bits per heavy atom. The molecule has 2 rings (SSSR count). The fourth-order valence-electron chi connectivity index (χ4n) is 0.804. The topological polar surface area (TPSA) is 51.6 Å². The van der Waals surface area contributed by atoms with Crippen LogP contribution >= 0.6 is 34.1 Å². The molecule has 0 spiro atoms. The van der Waals surface area contributed by atoms with Crippen LogP contribution in [0.1, 0.15) is 5.56 Å². The number of halogens is 1. The molecule has 0 aliphatic rings. The van der Waals surface area contributed by atoms with Crippen LogP contribution in [0.25, 0.3) is 11.6 Å². The molecule has 0 atom stereocenters. The highest BCUT2D eigenvalue weighted by atomic mass is 127. The fourth-order valence-corrected chi connectivity index (χ4v) is 1.74. The van der Waals surface area contributed by atoms with Gasteiger partial charge in [-0.1, -0.05) is 0 Å². The third-order valence-electron chi connectivity index (χ3n) is 1.38. The van der Waals surface area contributed by atoms with Gasteiger partial charge in [0, 0.05) is 12.4 Å². The fraction of sp³-hybridized carbons (Fsp3) is 0.143. The Hall–Kier alpha value is -0.630.